The Labute approximate surface area is 219 Å². The van der Waals surface area contributed by atoms with Gasteiger partial charge in [-0.05, 0) is 78.8 Å². The van der Waals surface area contributed by atoms with Gasteiger partial charge < -0.3 is 9.84 Å². The van der Waals surface area contributed by atoms with Crippen LogP contribution < -0.4 is 9.64 Å². The fourth-order valence-corrected chi connectivity index (χ4v) is 4.62. The molecule has 1 N–H and O–H groups in total. The van der Waals surface area contributed by atoms with E-state index in [0.29, 0.717) is 28.8 Å². The van der Waals surface area contributed by atoms with E-state index in [1.165, 1.54) is 4.90 Å². The third kappa shape index (κ3) is 5.31. The van der Waals surface area contributed by atoms with E-state index in [2.05, 4.69) is 27.7 Å². The van der Waals surface area contributed by atoms with Crippen molar-refractivity contribution >= 4 is 23.1 Å². The van der Waals surface area contributed by atoms with Crippen LogP contribution in [0.4, 0.5) is 5.69 Å². The number of ketones is 1. The van der Waals surface area contributed by atoms with Crippen molar-refractivity contribution in [1.82, 2.24) is 0 Å². The van der Waals surface area contributed by atoms with Crippen molar-refractivity contribution in [2.75, 3.05) is 4.90 Å². The lowest BCUT2D eigenvalue weighted by Gasteiger charge is -2.26. The average molecular weight is 498 g/mol. The highest BCUT2D eigenvalue weighted by molar-refractivity contribution is 6.51. The Kier molecular flexibility index (Phi) is 7.53. The SMILES string of the molecule is CC(C)Oc1ccc(/C(O)=C2/C(=O)C(=O)N(c3ccc(C(C)C)cc3)C2c2ccc(C(C)C)cc2)cc1. The van der Waals surface area contributed by atoms with Gasteiger partial charge in [-0.25, -0.2) is 0 Å². The highest BCUT2D eigenvalue weighted by Crippen LogP contribution is 2.42. The van der Waals surface area contributed by atoms with Crippen LogP contribution in [0, 0.1) is 0 Å². The first-order valence-corrected chi connectivity index (χ1v) is 12.9. The summed E-state index contributed by atoms with van der Waals surface area (Å²) in [6, 6.07) is 21.8. The lowest BCUT2D eigenvalue weighted by atomic mass is 9.93. The van der Waals surface area contributed by atoms with Gasteiger partial charge in [0.15, 0.2) is 0 Å². The van der Waals surface area contributed by atoms with E-state index in [-0.39, 0.29) is 17.4 Å². The maximum atomic E-state index is 13.4. The molecule has 4 rings (SSSR count). The molecule has 0 aliphatic carbocycles. The third-order valence-electron chi connectivity index (χ3n) is 6.70. The molecule has 1 amide bonds. The predicted molar refractivity (Wildman–Crippen MR) is 148 cm³/mol. The molecular weight excluding hydrogens is 462 g/mol. The van der Waals surface area contributed by atoms with Gasteiger partial charge in [-0.3, -0.25) is 14.5 Å². The van der Waals surface area contributed by atoms with Crippen molar-refractivity contribution in [2.24, 2.45) is 0 Å². The Morgan fingerprint density at radius 1 is 0.757 bits per heavy atom. The number of aliphatic hydroxyl groups excluding tert-OH is 1. The van der Waals surface area contributed by atoms with E-state index in [1.54, 1.807) is 24.3 Å². The van der Waals surface area contributed by atoms with E-state index in [0.717, 1.165) is 16.7 Å². The van der Waals surface area contributed by atoms with E-state index < -0.39 is 17.7 Å². The van der Waals surface area contributed by atoms with E-state index in [9.17, 15) is 14.7 Å². The molecule has 1 heterocycles. The van der Waals surface area contributed by atoms with E-state index >= 15 is 0 Å². The molecule has 0 radical (unpaired) electrons. The van der Waals surface area contributed by atoms with Gasteiger partial charge in [0.25, 0.3) is 11.7 Å². The largest absolute Gasteiger partial charge is 0.507 e. The lowest BCUT2D eigenvalue weighted by molar-refractivity contribution is -0.132. The quantitative estimate of drug-likeness (QED) is 0.211. The number of hydrogen-bond donors (Lipinski definition) is 1. The molecular formula is C32H35NO4. The predicted octanol–water partition coefficient (Wildman–Crippen LogP) is 7.35. The van der Waals surface area contributed by atoms with Gasteiger partial charge in [0, 0.05) is 11.3 Å². The molecule has 0 saturated carbocycles. The number of nitrogens with zero attached hydrogens (tertiary/aromatic N) is 1. The number of rotatable bonds is 7. The number of ether oxygens (including phenoxy) is 1. The third-order valence-corrected chi connectivity index (χ3v) is 6.70. The molecule has 1 atom stereocenters. The second-order valence-corrected chi connectivity index (χ2v) is 10.4. The Hall–Kier alpha value is -3.86. The molecule has 1 fully saturated rings. The first-order valence-electron chi connectivity index (χ1n) is 12.9. The second kappa shape index (κ2) is 10.6. The van der Waals surface area contributed by atoms with Gasteiger partial charge in [-0.1, -0.05) is 64.1 Å². The molecule has 3 aromatic rings. The van der Waals surface area contributed by atoms with Crippen molar-refractivity contribution in [3.8, 4) is 5.75 Å². The number of carbonyl (C=O) groups excluding carboxylic acids is 2. The van der Waals surface area contributed by atoms with Crippen molar-refractivity contribution in [3.05, 3.63) is 101 Å². The summed E-state index contributed by atoms with van der Waals surface area (Å²) < 4.78 is 5.71. The summed E-state index contributed by atoms with van der Waals surface area (Å²) in [5.41, 5.74) is 4.20. The summed E-state index contributed by atoms with van der Waals surface area (Å²) in [6.07, 6.45) is 0.0145. The summed E-state index contributed by atoms with van der Waals surface area (Å²) in [6.45, 7) is 12.3. The van der Waals surface area contributed by atoms with Crippen LogP contribution in [0.1, 0.15) is 81.7 Å². The number of Topliss-reactive ketones (excluding diaryl/α,β-unsaturated/α-hetero) is 1. The van der Waals surface area contributed by atoms with Crippen molar-refractivity contribution in [2.45, 2.75) is 65.5 Å². The molecule has 192 valence electrons. The zero-order chi connectivity index (χ0) is 26.9. The number of carbonyl (C=O) groups is 2. The van der Waals surface area contributed by atoms with Crippen molar-refractivity contribution < 1.29 is 19.4 Å². The molecule has 0 bridgehead atoms. The van der Waals surface area contributed by atoms with Gasteiger partial charge in [0.2, 0.25) is 0 Å². The summed E-state index contributed by atoms with van der Waals surface area (Å²) in [5.74, 6) is -0.212. The maximum Gasteiger partial charge on any atom is 0.300 e. The monoisotopic (exact) mass is 497 g/mol. The molecule has 3 aromatic carbocycles. The summed E-state index contributed by atoms with van der Waals surface area (Å²) in [5, 5.41) is 11.4. The van der Waals surface area contributed by atoms with Gasteiger partial charge in [-0.2, -0.15) is 0 Å². The van der Waals surface area contributed by atoms with Gasteiger partial charge in [0.1, 0.15) is 11.5 Å². The van der Waals surface area contributed by atoms with Crippen LogP contribution in [-0.4, -0.2) is 22.9 Å². The number of aliphatic hydroxyl groups is 1. The number of hydrogen-bond acceptors (Lipinski definition) is 4. The van der Waals surface area contributed by atoms with Crippen LogP contribution in [0.5, 0.6) is 5.75 Å². The summed E-state index contributed by atoms with van der Waals surface area (Å²) >= 11 is 0. The minimum absolute atomic E-state index is 0.0145. The number of anilines is 1. The molecule has 0 aromatic heterocycles. The fourth-order valence-electron chi connectivity index (χ4n) is 4.62. The molecule has 1 aliphatic rings. The van der Waals surface area contributed by atoms with Crippen molar-refractivity contribution in [1.29, 1.82) is 0 Å². The standard InChI is InChI=1S/C32H35NO4/c1-19(2)22-7-9-24(10-8-22)29-28(30(34)25-13-17-27(18-14-25)37-21(5)6)31(35)32(36)33(29)26-15-11-23(12-16-26)20(3)4/h7-21,29,34H,1-6H3/b30-28-. The van der Waals surface area contributed by atoms with E-state index in [4.69, 9.17) is 4.74 Å². The Bertz CT molecular complexity index is 1300. The van der Waals surface area contributed by atoms with Gasteiger partial charge >= 0.3 is 0 Å². The number of amides is 1. The molecule has 5 heteroatoms. The first-order chi connectivity index (χ1) is 17.6. The molecule has 1 unspecified atom stereocenters. The Morgan fingerprint density at radius 3 is 1.76 bits per heavy atom. The minimum atomic E-state index is -0.752. The summed E-state index contributed by atoms with van der Waals surface area (Å²) in [7, 11) is 0. The van der Waals surface area contributed by atoms with Crippen molar-refractivity contribution in [3.63, 3.8) is 0 Å². The molecule has 1 aliphatic heterocycles. The topological polar surface area (TPSA) is 66.8 Å². The highest BCUT2D eigenvalue weighted by atomic mass is 16.5. The maximum absolute atomic E-state index is 13.4. The minimum Gasteiger partial charge on any atom is -0.507 e. The van der Waals surface area contributed by atoms with Crippen LogP contribution >= 0.6 is 0 Å². The van der Waals surface area contributed by atoms with Gasteiger partial charge in [-0.15, -0.1) is 0 Å². The lowest BCUT2D eigenvalue weighted by Crippen LogP contribution is -2.29. The highest BCUT2D eigenvalue weighted by Gasteiger charge is 2.47. The zero-order valence-corrected chi connectivity index (χ0v) is 22.4. The van der Waals surface area contributed by atoms with Crippen LogP contribution in [0.25, 0.3) is 5.76 Å². The fraction of sp³-hybridized carbons (Fsp3) is 0.312. The Balaban J connectivity index is 1.85. The van der Waals surface area contributed by atoms with E-state index in [1.807, 2.05) is 62.4 Å². The Morgan fingerprint density at radius 2 is 1.27 bits per heavy atom. The normalized spacial score (nSPS) is 17.3. The van der Waals surface area contributed by atoms with Crippen LogP contribution in [-0.2, 0) is 9.59 Å². The smallest absolute Gasteiger partial charge is 0.300 e. The van der Waals surface area contributed by atoms with Crippen LogP contribution in [0.15, 0.2) is 78.4 Å². The molecule has 0 spiro atoms. The van der Waals surface area contributed by atoms with Crippen LogP contribution in [0.2, 0.25) is 0 Å². The number of benzene rings is 3. The first kappa shape index (κ1) is 26.2. The summed E-state index contributed by atoms with van der Waals surface area (Å²) in [4.78, 5) is 28.3. The van der Waals surface area contributed by atoms with Gasteiger partial charge in [0.05, 0.1) is 17.7 Å². The molecule has 37 heavy (non-hydrogen) atoms. The average Bonchev–Trinajstić information content (AvgIpc) is 3.14. The molecule has 1 saturated heterocycles. The zero-order valence-electron chi connectivity index (χ0n) is 22.4. The second-order valence-electron chi connectivity index (χ2n) is 10.4. The van der Waals surface area contributed by atoms with Crippen LogP contribution in [0.3, 0.4) is 0 Å². The molecule has 5 nitrogen and oxygen atoms in total.